The van der Waals surface area contributed by atoms with Crippen LogP contribution < -0.4 is 4.74 Å². The number of aryl methyl sites for hydroxylation is 1. The van der Waals surface area contributed by atoms with Crippen LogP contribution in [0.25, 0.3) is 6.08 Å². The Morgan fingerprint density at radius 2 is 2.00 bits per heavy atom. The van der Waals surface area contributed by atoms with E-state index in [4.69, 9.17) is 15.3 Å². The molecule has 98 valence electrons. The molecular formula is C16H18N2O. The van der Waals surface area contributed by atoms with E-state index in [0.717, 1.165) is 23.3 Å². The second kappa shape index (κ2) is 7.24. The van der Waals surface area contributed by atoms with Crippen LogP contribution in [0.4, 0.5) is 0 Å². The summed E-state index contributed by atoms with van der Waals surface area (Å²) in [6.45, 7) is 6.96. The minimum atomic E-state index is 0.0944. The predicted octanol–water partition coefficient (Wildman–Crippen LogP) is 3.85. The summed E-state index contributed by atoms with van der Waals surface area (Å²) in [5.74, 6) is 1.41. The summed E-state index contributed by atoms with van der Waals surface area (Å²) < 4.78 is 5.74. The first-order valence-corrected chi connectivity index (χ1v) is 6.32. The van der Waals surface area contributed by atoms with Gasteiger partial charge in [-0.3, -0.25) is 0 Å². The van der Waals surface area contributed by atoms with E-state index in [2.05, 4.69) is 13.8 Å². The number of allylic oxidation sites excluding steroid dienone is 1. The maximum absolute atomic E-state index is 8.74. The van der Waals surface area contributed by atoms with Gasteiger partial charge in [0.25, 0.3) is 0 Å². The lowest BCUT2D eigenvalue weighted by molar-refractivity contribution is 0.288. The summed E-state index contributed by atoms with van der Waals surface area (Å²) in [6, 6.07) is 9.38. The Bertz CT molecular complexity index is 529. The van der Waals surface area contributed by atoms with Crippen molar-refractivity contribution in [3.8, 4) is 17.9 Å². The first kappa shape index (κ1) is 14.8. The Kier molecular flexibility index (Phi) is 5.64. The summed E-state index contributed by atoms with van der Waals surface area (Å²) in [5.41, 5.74) is 1.96. The molecule has 0 saturated heterocycles. The van der Waals surface area contributed by atoms with Gasteiger partial charge in [0, 0.05) is 0 Å². The van der Waals surface area contributed by atoms with Crippen molar-refractivity contribution in [3.63, 3.8) is 0 Å². The van der Waals surface area contributed by atoms with Gasteiger partial charge in [0.05, 0.1) is 6.61 Å². The molecule has 0 aromatic heterocycles. The molecule has 0 aliphatic carbocycles. The lowest BCUT2D eigenvalue weighted by Gasteiger charge is -2.11. The van der Waals surface area contributed by atoms with Gasteiger partial charge in [-0.05, 0) is 42.5 Å². The van der Waals surface area contributed by atoms with Gasteiger partial charge >= 0.3 is 0 Å². The normalized spacial score (nSPS) is 9.58. The van der Waals surface area contributed by atoms with Crippen molar-refractivity contribution in [1.82, 2.24) is 0 Å². The molecule has 3 heteroatoms. The third kappa shape index (κ3) is 4.85. The van der Waals surface area contributed by atoms with Crippen LogP contribution in [-0.2, 0) is 0 Å². The molecule has 0 amide bonds. The molecule has 3 nitrogen and oxygen atoms in total. The van der Waals surface area contributed by atoms with E-state index in [1.165, 1.54) is 0 Å². The van der Waals surface area contributed by atoms with Crippen molar-refractivity contribution in [3.05, 3.63) is 34.9 Å². The zero-order valence-corrected chi connectivity index (χ0v) is 11.6. The van der Waals surface area contributed by atoms with E-state index in [1.807, 2.05) is 37.3 Å². The molecule has 0 radical (unpaired) electrons. The summed E-state index contributed by atoms with van der Waals surface area (Å²) >= 11 is 0. The van der Waals surface area contributed by atoms with Crippen LogP contribution in [0.5, 0.6) is 5.75 Å². The van der Waals surface area contributed by atoms with Crippen LogP contribution in [-0.4, -0.2) is 6.61 Å². The van der Waals surface area contributed by atoms with Crippen molar-refractivity contribution >= 4 is 6.08 Å². The Hall–Kier alpha value is -2.26. The third-order valence-electron chi connectivity index (χ3n) is 2.72. The van der Waals surface area contributed by atoms with Crippen LogP contribution >= 0.6 is 0 Å². The first-order chi connectivity index (χ1) is 9.06. The number of hydrogen-bond donors (Lipinski definition) is 0. The molecule has 0 bridgehead atoms. The van der Waals surface area contributed by atoms with Gasteiger partial charge in [-0.15, -0.1) is 0 Å². The van der Waals surface area contributed by atoms with Crippen molar-refractivity contribution in [2.45, 2.75) is 27.2 Å². The second-order valence-corrected chi connectivity index (χ2v) is 4.84. The Balaban J connectivity index is 2.86. The van der Waals surface area contributed by atoms with Gasteiger partial charge in [0.2, 0.25) is 0 Å². The van der Waals surface area contributed by atoms with Crippen LogP contribution in [0, 0.1) is 35.5 Å². The highest BCUT2D eigenvalue weighted by Crippen LogP contribution is 2.21. The third-order valence-corrected chi connectivity index (χ3v) is 2.72. The standard InChI is InChI=1S/C16H18N2O/c1-12(2)6-7-19-16-9-14(5-4-13(16)3)8-15(10-17)11-18/h4-5,8-9,12H,6-7H2,1-3H3. The monoisotopic (exact) mass is 254 g/mol. The molecule has 0 saturated carbocycles. The smallest absolute Gasteiger partial charge is 0.130 e. The zero-order chi connectivity index (χ0) is 14.3. The minimum Gasteiger partial charge on any atom is -0.493 e. The molecule has 1 aromatic carbocycles. The summed E-state index contributed by atoms with van der Waals surface area (Å²) in [7, 11) is 0. The van der Waals surface area contributed by atoms with Gasteiger partial charge in [-0.2, -0.15) is 10.5 Å². The molecule has 0 spiro atoms. The highest BCUT2D eigenvalue weighted by Gasteiger charge is 2.03. The van der Waals surface area contributed by atoms with Crippen molar-refractivity contribution in [2.75, 3.05) is 6.61 Å². The largest absolute Gasteiger partial charge is 0.493 e. The van der Waals surface area contributed by atoms with Crippen LogP contribution in [0.3, 0.4) is 0 Å². The number of ether oxygens (including phenoxy) is 1. The van der Waals surface area contributed by atoms with Gasteiger partial charge in [-0.25, -0.2) is 0 Å². The van der Waals surface area contributed by atoms with Crippen LogP contribution in [0.2, 0.25) is 0 Å². The fraction of sp³-hybridized carbons (Fsp3) is 0.375. The van der Waals surface area contributed by atoms with Gasteiger partial charge in [0.15, 0.2) is 0 Å². The summed E-state index contributed by atoms with van der Waals surface area (Å²) in [4.78, 5) is 0. The van der Waals surface area contributed by atoms with Crippen molar-refractivity contribution in [1.29, 1.82) is 10.5 Å². The number of nitrogens with zero attached hydrogens (tertiary/aromatic N) is 2. The SMILES string of the molecule is Cc1ccc(C=C(C#N)C#N)cc1OCCC(C)C. The number of nitriles is 2. The lowest BCUT2D eigenvalue weighted by Crippen LogP contribution is -2.02. The topological polar surface area (TPSA) is 56.8 Å². The molecular weight excluding hydrogens is 236 g/mol. The Morgan fingerprint density at radius 3 is 2.58 bits per heavy atom. The highest BCUT2D eigenvalue weighted by molar-refractivity contribution is 5.63. The number of benzene rings is 1. The average Bonchev–Trinajstić information content (AvgIpc) is 2.38. The Morgan fingerprint density at radius 1 is 1.32 bits per heavy atom. The van der Waals surface area contributed by atoms with E-state index in [0.29, 0.717) is 12.5 Å². The van der Waals surface area contributed by atoms with Crippen LogP contribution in [0.15, 0.2) is 23.8 Å². The maximum Gasteiger partial charge on any atom is 0.130 e. The molecule has 0 atom stereocenters. The van der Waals surface area contributed by atoms with E-state index in [1.54, 1.807) is 6.08 Å². The molecule has 1 aromatic rings. The quantitative estimate of drug-likeness (QED) is 0.750. The van der Waals surface area contributed by atoms with Gasteiger partial charge in [0.1, 0.15) is 23.5 Å². The van der Waals surface area contributed by atoms with Crippen molar-refractivity contribution in [2.24, 2.45) is 5.92 Å². The Labute approximate surface area is 114 Å². The van der Waals surface area contributed by atoms with Crippen molar-refractivity contribution < 1.29 is 4.74 Å². The molecule has 0 heterocycles. The fourth-order valence-corrected chi connectivity index (χ4v) is 1.52. The highest BCUT2D eigenvalue weighted by atomic mass is 16.5. The maximum atomic E-state index is 8.74. The fourth-order valence-electron chi connectivity index (χ4n) is 1.52. The van der Waals surface area contributed by atoms with E-state index >= 15 is 0 Å². The van der Waals surface area contributed by atoms with Gasteiger partial charge < -0.3 is 4.74 Å². The number of hydrogen-bond acceptors (Lipinski definition) is 3. The molecule has 0 aliphatic rings. The van der Waals surface area contributed by atoms with E-state index < -0.39 is 0 Å². The van der Waals surface area contributed by atoms with Gasteiger partial charge in [-0.1, -0.05) is 26.0 Å². The first-order valence-electron chi connectivity index (χ1n) is 6.32. The summed E-state index contributed by atoms with van der Waals surface area (Å²) in [6.07, 6.45) is 2.57. The minimum absolute atomic E-state index is 0.0944. The van der Waals surface area contributed by atoms with E-state index in [-0.39, 0.29) is 5.57 Å². The molecule has 19 heavy (non-hydrogen) atoms. The zero-order valence-electron chi connectivity index (χ0n) is 11.6. The average molecular weight is 254 g/mol. The lowest BCUT2D eigenvalue weighted by atomic mass is 10.1. The molecule has 1 rings (SSSR count). The predicted molar refractivity (Wildman–Crippen MR) is 75.3 cm³/mol. The van der Waals surface area contributed by atoms with E-state index in [9.17, 15) is 0 Å². The number of rotatable bonds is 5. The second-order valence-electron chi connectivity index (χ2n) is 4.84. The molecule has 0 aliphatic heterocycles. The molecule has 0 unspecified atom stereocenters. The molecule has 0 N–H and O–H groups in total. The van der Waals surface area contributed by atoms with Crippen LogP contribution in [0.1, 0.15) is 31.4 Å². The summed E-state index contributed by atoms with van der Waals surface area (Å²) in [5, 5.41) is 17.5. The molecule has 0 fully saturated rings.